The molecule has 2 N–H and O–H groups in total. The molecule has 4 heteroatoms. The van der Waals surface area contributed by atoms with Crippen LogP contribution >= 0.6 is 0 Å². The monoisotopic (exact) mass is 302 g/mol. The molecule has 1 aliphatic rings. The zero-order valence-electron chi connectivity index (χ0n) is 12.4. The van der Waals surface area contributed by atoms with Gasteiger partial charge in [-0.25, -0.2) is 4.39 Å². The van der Waals surface area contributed by atoms with Crippen molar-refractivity contribution >= 4 is 0 Å². The second-order valence-electron chi connectivity index (χ2n) is 5.66. The summed E-state index contributed by atoms with van der Waals surface area (Å²) in [7, 11) is 0. The van der Waals surface area contributed by atoms with Crippen molar-refractivity contribution in [1.82, 2.24) is 0 Å². The first-order chi connectivity index (χ1) is 10.8. The second kappa shape index (κ2) is 7.01. The highest BCUT2D eigenvalue weighted by atomic mass is 19.1. The third-order valence-corrected chi connectivity index (χ3v) is 4.26. The predicted molar refractivity (Wildman–Crippen MR) is 82.1 cm³/mol. The Kier molecular flexibility index (Phi) is 4.83. The highest BCUT2D eigenvalue weighted by molar-refractivity contribution is 5.25. The van der Waals surface area contributed by atoms with E-state index in [2.05, 4.69) is 0 Å². The number of aliphatic hydroxyl groups is 1. The van der Waals surface area contributed by atoms with Crippen molar-refractivity contribution in [3.8, 4) is 0 Å². The zero-order chi connectivity index (χ0) is 15.4. The summed E-state index contributed by atoms with van der Waals surface area (Å²) < 4.78 is 18.6. The third-order valence-electron chi connectivity index (χ3n) is 4.26. The van der Waals surface area contributed by atoms with Crippen molar-refractivity contribution in [1.29, 1.82) is 0 Å². The van der Waals surface area contributed by atoms with Gasteiger partial charge in [-0.05, 0) is 17.7 Å². The Morgan fingerprint density at radius 3 is 2.18 bits per heavy atom. The van der Waals surface area contributed by atoms with E-state index in [0.29, 0.717) is 13.2 Å². The van der Waals surface area contributed by atoms with Gasteiger partial charge < -0.3 is 14.7 Å². The van der Waals surface area contributed by atoms with Crippen LogP contribution in [0, 0.1) is 5.82 Å². The maximum absolute atomic E-state index is 13.1. The minimum atomic E-state index is -0.670. The van der Waals surface area contributed by atoms with Crippen molar-refractivity contribution in [3.05, 3.63) is 71.5 Å². The molecule has 2 aromatic carbocycles. The molecular weight excluding hydrogens is 281 g/mol. The van der Waals surface area contributed by atoms with Crippen LogP contribution in [0.5, 0.6) is 0 Å². The van der Waals surface area contributed by atoms with E-state index < -0.39 is 6.10 Å². The quantitative estimate of drug-likeness (QED) is 0.898. The molecule has 0 aliphatic carbocycles. The summed E-state index contributed by atoms with van der Waals surface area (Å²) >= 11 is 0. The summed E-state index contributed by atoms with van der Waals surface area (Å²) in [5.74, 6) is -0.286. The summed E-state index contributed by atoms with van der Waals surface area (Å²) in [5, 5.41) is 10.9. The van der Waals surface area contributed by atoms with Crippen molar-refractivity contribution in [3.63, 3.8) is 0 Å². The molecule has 0 bridgehead atoms. The molecule has 2 atom stereocenters. The number of halogens is 1. The van der Waals surface area contributed by atoms with Gasteiger partial charge in [0.05, 0.1) is 13.2 Å². The molecule has 22 heavy (non-hydrogen) atoms. The van der Waals surface area contributed by atoms with Gasteiger partial charge in [0, 0.05) is 5.56 Å². The molecular formula is C18H21FNO2+. The molecule has 1 saturated heterocycles. The standard InChI is InChI=1S/C18H20FNO2/c19-16-8-6-15(7-9-16)18(21)17(14-4-2-1-3-5-14)20-10-12-22-13-11-20/h1-9,17-18,21H,10-13H2/p+1/t17-,18-/m1/s1. The molecule has 0 aromatic heterocycles. The van der Waals surface area contributed by atoms with Gasteiger partial charge in [0.1, 0.15) is 31.1 Å². The van der Waals surface area contributed by atoms with Crippen LogP contribution in [0.4, 0.5) is 4.39 Å². The van der Waals surface area contributed by atoms with E-state index in [-0.39, 0.29) is 11.9 Å². The minimum Gasteiger partial charge on any atom is -0.382 e. The van der Waals surface area contributed by atoms with E-state index in [4.69, 9.17) is 4.74 Å². The Bertz CT molecular complexity index is 582. The van der Waals surface area contributed by atoms with Gasteiger partial charge in [0.2, 0.25) is 0 Å². The highest BCUT2D eigenvalue weighted by Gasteiger charge is 2.33. The van der Waals surface area contributed by atoms with Gasteiger partial charge >= 0.3 is 0 Å². The number of hydrogen-bond acceptors (Lipinski definition) is 2. The van der Waals surface area contributed by atoms with Gasteiger partial charge in [-0.2, -0.15) is 0 Å². The topological polar surface area (TPSA) is 33.9 Å². The maximum atomic E-state index is 13.1. The largest absolute Gasteiger partial charge is 0.382 e. The van der Waals surface area contributed by atoms with Crippen LogP contribution in [0.3, 0.4) is 0 Å². The summed E-state index contributed by atoms with van der Waals surface area (Å²) in [6.45, 7) is 3.12. The minimum absolute atomic E-state index is 0.0736. The van der Waals surface area contributed by atoms with Crippen molar-refractivity contribution in [2.45, 2.75) is 12.1 Å². The molecule has 0 spiro atoms. The maximum Gasteiger partial charge on any atom is 0.144 e. The average Bonchev–Trinajstić information content (AvgIpc) is 2.57. The van der Waals surface area contributed by atoms with Crippen molar-refractivity contribution < 1.29 is 19.1 Å². The van der Waals surface area contributed by atoms with Crippen LogP contribution in [0.1, 0.15) is 23.3 Å². The SMILES string of the molecule is O[C@H](c1ccc(F)cc1)[C@@H](c1ccccc1)[NH+]1CCOCC1. The van der Waals surface area contributed by atoms with E-state index in [1.54, 1.807) is 12.1 Å². The Morgan fingerprint density at radius 1 is 0.909 bits per heavy atom. The Hall–Kier alpha value is -1.75. The summed E-state index contributed by atoms with van der Waals surface area (Å²) in [5.41, 5.74) is 1.84. The number of morpholine rings is 1. The van der Waals surface area contributed by atoms with Crippen LogP contribution < -0.4 is 4.90 Å². The third kappa shape index (κ3) is 3.35. The second-order valence-corrected chi connectivity index (χ2v) is 5.66. The smallest absolute Gasteiger partial charge is 0.144 e. The number of aliphatic hydroxyl groups excluding tert-OH is 1. The number of benzene rings is 2. The molecule has 0 radical (unpaired) electrons. The van der Waals surface area contributed by atoms with Gasteiger partial charge in [-0.3, -0.25) is 0 Å². The number of quaternary nitrogens is 1. The van der Waals surface area contributed by atoms with Gasteiger partial charge in [-0.15, -0.1) is 0 Å². The molecule has 1 heterocycles. The normalized spacial score (nSPS) is 18.8. The van der Waals surface area contributed by atoms with Crippen LogP contribution in [0.2, 0.25) is 0 Å². The Morgan fingerprint density at radius 2 is 1.55 bits per heavy atom. The van der Waals surface area contributed by atoms with Crippen LogP contribution in [-0.4, -0.2) is 31.4 Å². The lowest BCUT2D eigenvalue weighted by Gasteiger charge is -2.34. The van der Waals surface area contributed by atoms with Crippen LogP contribution in [0.15, 0.2) is 54.6 Å². The summed E-state index contributed by atoms with van der Waals surface area (Å²) in [4.78, 5) is 1.30. The van der Waals surface area contributed by atoms with E-state index in [0.717, 1.165) is 24.2 Å². The fourth-order valence-corrected chi connectivity index (χ4v) is 3.10. The molecule has 3 nitrogen and oxygen atoms in total. The number of nitrogens with one attached hydrogen (secondary N) is 1. The first-order valence-corrected chi connectivity index (χ1v) is 7.66. The van der Waals surface area contributed by atoms with E-state index >= 15 is 0 Å². The number of hydrogen-bond donors (Lipinski definition) is 2. The van der Waals surface area contributed by atoms with Gasteiger partial charge in [0.25, 0.3) is 0 Å². The van der Waals surface area contributed by atoms with E-state index in [1.807, 2.05) is 30.3 Å². The van der Waals surface area contributed by atoms with Gasteiger partial charge in [-0.1, -0.05) is 42.5 Å². The Balaban J connectivity index is 1.91. The van der Waals surface area contributed by atoms with Gasteiger partial charge in [0.15, 0.2) is 0 Å². The summed E-state index contributed by atoms with van der Waals surface area (Å²) in [6, 6.07) is 16.1. The predicted octanol–water partition coefficient (Wildman–Crippen LogP) is 1.52. The lowest BCUT2D eigenvalue weighted by Crippen LogP contribution is -3.14. The molecule has 0 saturated carbocycles. The fraction of sp³-hybridized carbons (Fsp3) is 0.333. The van der Waals surface area contributed by atoms with Crippen molar-refractivity contribution in [2.24, 2.45) is 0 Å². The molecule has 1 aliphatic heterocycles. The van der Waals surface area contributed by atoms with E-state index in [1.165, 1.54) is 17.0 Å². The lowest BCUT2D eigenvalue weighted by molar-refractivity contribution is -0.943. The fourth-order valence-electron chi connectivity index (χ4n) is 3.10. The Labute approximate surface area is 130 Å². The number of rotatable bonds is 4. The molecule has 1 fully saturated rings. The molecule has 3 rings (SSSR count). The molecule has 0 amide bonds. The lowest BCUT2D eigenvalue weighted by atomic mass is 9.94. The van der Waals surface area contributed by atoms with Crippen molar-refractivity contribution in [2.75, 3.05) is 26.3 Å². The molecule has 2 aromatic rings. The first-order valence-electron chi connectivity index (χ1n) is 7.66. The highest BCUT2D eigenvalue weighted by Crippen LogP contribution is 2.26. The van der Waals surface area contributed by atoms with Crippen LogP contribution in [0.25, 0.3) is 0 Å². The number of ether oxygens (including phenoxy) is 1. The molecule has 0 unspecified atom stereocenters. The molecule has 116 valence electrons. The average molecular weight is 302 g/mol. The summed E-state index contributed by atoms with van der Waals surface area (Å²) in [6.07, 6.45) is -0.670. The van der Waals surface area contributed by atoms with Crippen LogP contribution in [-0.2, 0) is 4.74 Å². The first kappa shape index (κ1) is 15.2. The zero-order valence-corrected chi connectivity index (χ0v) is 12.4. The van der Waals surface area contributed by atoms with E-state index in [9.17, 15) is 9.50 Å².